The highest BCUT2D eigenvalue weighted by atomic mass is 17.3. The zero-order chi connectivity index (χ0) is 13.3. The Kier molecular flexibility index (Phi) is 3.52. The Morgan fingerprint density at radius 3 is 2.78 bits per heavy atom. The normalized spacial score (nSPS) is 35.9. The largest absolute Gasteiger partial charge is 0.369 e. The number of hydrogen-bond acceptors (Lipinski definition) is 4. The van der Waals surface area contributed by atoms with E-state index < -0.39 is 5.41 Å². The van der Waals surface area contributed by atoms with Crippen LogP contribution < -0.4 is 5.73 Å². The van der Waals surface area contributed by atoms with Gasteiger partial charge in [0.25, 0.3) is 0 Å². The number of hydroxylamine groups is 2. The summed E-state index contributed by atoms with van der Waals surface area (Å²) < 4.78 is 0. The second-order valence-electron chi connectivity index (χ2n) is 5.77. The van der Waals surface area contributed by atoms with Crippen LogP contribution >= 0.6 is 0 Å². The van der Waals surface area contributed by atoms with Crippen molar-refractivity contribution in [2.75, 3.05) is 0 Å². The number of nitrogens with zero attached hydrogens (tertiary/aromatic N) is 1. The van der Waals surface area contributed by atoms with Crippen LogP contribution in [0.3, 0.4) is 0 Å². The minimum Gasteiger partial charge on any atom is -0.369 e. The number of primary amides is 1. The Morgan fingerprint density at radius 2 is 2.28 bits per heavy atom. The molecular formula is C13H22N2O3. The average Bonchev–Trinajstić information content (AvgIpc) is 2.81. The highest BCUT2D eigenvalue weighted by Crippen LogP contribution is 2.47. The zero-order valence-corrected chi connectivity index (χ0v) is 11.3. The van der Waals surface area contributed by atoms with E-state index >= 15 is 0 Å². The third-order valence-corrected chi connectivity index (χ3v) is 4.46. The van der Waals surface area contributed by atoms with Gasteiger partial charge in [-0.25, -0.2) is 5.06 Å². The molecule has 0 aromatic rings. The molecule has 0 bridgehead atoms. The molecule has 1 saturated carbocycles. The molecule has 1 aliphatic carbocycles. The summed E-state index contributed by atoms with van der Waals surface area (Å²) in [6.45, 7) is 6.29. The van der Waals surface area contributed by atoms with Crippen LogP contribution in [0, 0.1) is 17.3 Å². The minimum absolute atomic E-state index is 0.0579. The van der Waals surface area contributed by atoms with E-state index in [0.29, 0.717) is 5.92 Å². The molecule has 1 amide bonds. The molecule has 1 aliphatic heterocycles. The third-order valence-electron chi connectivity index (χ3n) is 4.46. The van der Waals surface area contributed by atoms with Gasteiger partial charge in [0.05, 0.1) is 17.7 Å². The predicted octanol–water partition coefficient (Wildman–Crippen LogP) is 1.95. The third kappa shape index (κ3) is 1.96. The van der Waals surface area contributed by atoms with Gasteiger partial charge in [-0.05, 0) is 31.1 Å². The molecule has 0 spiro atoms. The zero-order valence-electron chi connectivity index (χ0n) is 11.3. The summed E-state index contributed by atoms with van der Waals surface area (Å²) in [6.07, 6.45) is 5.92. The lowest BCUT2D eigenvalue weighted by molar-refractivity contribution is -0.378. The van der Waals surface area contributed by atoms with Crippen molar-refractivity contribution in [3.63, 3.8) is 0 Å². The Morgan fingerprint density at radius 1 is 1.56 bits per heavy atom. The molecule has 18 heavy (non-hydrogen) atoms. The molecule has 0 aromatic heterocycles. The molecule has 3 unspecified atom stereocenters. The van der Waals surface area contributed by atoms with E-state index in [0.717, 1.165) is 19.3 Å². The summed E-state index contributed by atoms with van der Waals surface area (Å²) >= 11 is 0. The predicted molar refractivity (Wildman–Crippen MR) is 66.4 cm³/mol. The number of carbonyl (C=O) groups excluding carboxylic acids is 1. The van der Waals surface area contributed by atoms with Crippen LogP contribution in [0.1, 0.15) is 40.0 Å². The summed E-state index contributed by atoms with van der Waals surface area (Å²) in [5.74, 6) is 0.488. The summed E-state index contributed by atoms with van der Waals surface area (Å²) in [5.41, 5.74) is 5.17. The lowest BCUT2D eigenvalue weighted by Crippen LogP contribution is -2.57. The van der Waals surface area contributed by atoms with Gasteiger partial charge in [-0.1, -0.05) is 25.8 Å². The van der Waals surface area contributed by atoms with Crippen LogP contribution in [-0.4, -0.2) is 17.0 Å². The highest BCUT2D eigenvalue weighted by molar-refractivity contribution is 5.82. The van der Waals surface area contributed by atoms with E-state index in [-0.39, 0.29) is 17.9 Å². The van der Waals surface area contributed by atoms with E-state index in [1.807, 2.05) is 13.8 Å². The maximum Gasteiger partial charge on any atom is 0.226 e. The van der Waals surface area contributed by atoms with Gasteiger partial charge in [-0.15, -0.1) is 0 Å². The first-order chi connectivity index (χ1) is 8.48. The van der Waals surface area contributed by atoms with Gasteiger partial charge in [0.1, 0.15) is 0 Å². The summed E-state index contributed by atoms with van der Waals surface area (Å²) in [4.78, 5) is 22.0. The van der Waals surface area contributed by atoms with Gasteiger partial charge in [0.2, 0.25) is 5.91 Å². The van der Waals surface area contributed by atoms with Crippen molar-refractivity contribution in [1.29, 1.82) is 0 Å². The van der Waals surface area contributed by atoms with E-state index in [2.05, 4.69) is 6.92 Å². The van der Waals surface area contributed by atoms with Crippen molar-refractivity contribution >= 4 is 5.91 Å². The van der Waals surface area contributed by atoms with Crippen molar-refractivity contribution in [3.05, 3.63) is 12.5 Å². The van der Waals surface area contributed by atoms with Crippen molar-refractivity contribution in [3.8, 4) is 0 Å². The average molecular weight is 254 g/mol. The monoisotopic (exact) mass is 254 g/mol. The van der Waals surface area contributed by atoms with E-state index in [4.69, 9.17) is 15.6 Å². The molecule has 2 rings (SSSR count). The van der Waals surface area contributed by atoms with E-state index in [1.54, 1.807) is 11.3 Å². The molecule has 1 fully saturated rings. The standard InChI is InChI=1S/C13H22N2O3/c1-9(2)13(12(14)16)5-4-10(3)8-11(13)15-6-7-17-18-15/h6-7,9-11H,4-5,8H2,1-3H3,(H2,14,16). The lowest BCUT2D eigenvalue weighted by Gasteiger charge is -2.48. The van der Waals surface area contributed by atoms with Gasteiger partial charge in [-0.3, -0.25) is 4.79 Å². The Bertz CT molecular complexity index is 356. The summed E-state index contributed by atoms with van der Waals surface area (Å²) in [5, 5.41) is 1.64. The van der Waals surface area contributed by atoms with Crippen LogP contribution in [0.25, 0.3) is 0 Å². The molecule has 0 aromatic carbocycles. The first kappa shape index (κ1) is 13.2. The maximum absolute atomic E-state index is 12.1. The molecule has 5 nitrogen and oxygen atoms in total. The Labute approximate surface area is 108 Å². The molecule has 3 atom stereocenters. The molecule has 2 N–H and O–H groups in total. The quantitative estimate of drug-likeness (QED) is 0.782. The van der Waals surface area contributed by atoms with E-state index in [9.17, 15) is 4.79 Å². The summed E-state index contributed by atoms with van der Waals surface area (Å²) in [6, 6.07) is -0.0579. The van der Waals surface area contributed by atoms with Crippen LogP contribution in [0.5, 0.6) is 0 Å². The molecule has 102 valence electrons. The molecule has 1 heterocycles. The topological polar surface area (TPSA) is 64.8 Å². The maximum atomic E-state index is 12.1. The van der Waals surface area contributed by atoms with Crippen LogP contribution in [0.4, 0.5) is 0 Å². The van der Waals surface area contributed by atoms with Gasteiger partial charge in [0, 0.05) is 0 Å². The lowest BCUT2D eigenvalue weighted by atomic mass is 9.61. The molecule has 2 aliphatic rings. The van der Waals surface area contributed by atoms with Gasteiger partial charge < -0.3 is 10.6 Å². The number of rotatable bonds is 3. The van der Waals surface area contributed by atoms with Crippen molar-refractivity contribution in [1.82, 2.24) is 5.06 Å². The molecule has 5 heteroatoms. The SMILES string of the molecule is CC1CCC(C(N)=O)(C(C)C)C(N2C=COO2)C1. The number of amides is 1. The second kappa shape index (κ2) is 4.80. The molecule has 0 saturated heterocycles. The van der Waals surface area contributed by atoms with Gasteiger partial charge in [-0.2, -0.15) is 0 Å². The minimum atomic E-state index is -0.551. The first-order valence-electron chi connectivity index (χ1n) is 6.57. The fourth-order valence-electron chi connectivity index (χ4n) is 3.28. The van der Waals surface area contributed by atoms with Crippen LogP contribution in [0.2, 0.25) is 0 Å². The van der Waals surface area contributed by atoms with E-state index in [1.165, 1.54) is 6.26 Å². The Balaban J connectivity index is 2.33. The summed E-state index contributed by atoms with van der Waals surface area (Å²) in [7, 11) is 0. The first-order valence-corrected chi connectivity index (χ1v) is 6.57. The Hall–Kier alpha value is -1.23. The highest BCUT2D eigenvalue weighted by Gasteiger charge is 2.52. The number of hydrogen-bond donors (Lipinski definition) is 1. The van der Waals surface area contributed by atoms with Gasteiger partial charge >= 0.3 is 0 Å². The smallest absolute Gasteiger partial charge is 0.226 e. The van der Waals surface area contributed by atoms with Crippen molar-refractivity contribution < 1.29 is 14.7 Å². The second-order valence-corrected chi connectivity index (χ2v) is 5.77. The van der Waals surface area contributed by atoms with Crippen LogP contribution in [0.15, 0.2) is 12.5 Å². The van der Waals surface area contributed by atoms with Gasteiger partial charge in [0.15, 0.2) is 6.26 Å². The fraction of sp³-hybridized carbons (Fsp3) is 0.769. The molecule has 0 radical (unpaired) electrons. The number of nitrogens with two attached hydrogens (primary N) is 1. The fourth-order valence-corrected chi connectivity index (χ4v) is 3.28. The van der Waals surface area contributed by atoms with Crippen molar-refractivity contribution in [2.24, 2.45) is 23.0 Å². The van der Waals surface area contributed by atoms with Crippen molar-refractivity contribution in [2.45, 2.75) is 46.1 Å². The number of carbonyl (C=O) groups is 1. The molecular weight excluding hydrogens is 232 g/mol. The van der Waals surface area contributed by atoms with Crippen LogP contribution in [-0.2, 0) is 14.7 Å².